The van der Waals surface area contributed by atoms with E-state index in [0.29, 0.717) is 31.5 Å². The Balaban J connectivity index is 1.80. The highest BCUT2D eigenvalue weighted by atomic mass is 16.4. The minimum absolute atomic E-state index is 0.109. The van der Waals surface area contributed by atoms with Gasteiger partial charge in [0.05, 0.1) is 29.9 Å². The molecule has 1 fully saturated rings. The average molecular weight is 341 g/mol. The molecule has 3 rings (SSSR count). The first-order chi connectivity index (χ1) is 12.1. The van der Waals surface area contributed by atoms with E-state index in [1.54, 1.807) is 11.1 Å². The third-order valence-electron chi connectivity index (χ3n) is 4.75. The van der Waals surface area contributed by atoms with Crippen LogP contribution in [0.15, 0.2) is 36.5 Å². The SMILES string of the molecule is CCc1c(C(=O)N2CCCC(C(=O)O)C2)cnn1Cc1ccccc1. The molecule has 0 aliphatic carbocycles. The Labute approximate surface area is 147 Å². The topological polar surface area (TPSA) is 75.4 Å². The molecule has 1 N–H and O–H groups in total. The molecule has 6 nitrogen and oxygen atoms in total. The van der Waals surface area contributed by atoms with Gasteiger partial charge in [0.1, 0.15) is 0 Å². The van der Waals surface area contributed by atoms with Crippen molar-refractivity contribution < 1.29 is 14.7 Å². The minimum Gasteiger partial charge on any atom is -0.481 e. The number of carbonyl (C=O) groups excluding carboxylic acids is 1. The van der Waals surface area contributed by atoms with Crippen molar-refractivity contribution in [3.05, 3.63) is 53.3 Å². The third kappa shape index (κ3) is 3.73. The molecule has 1 aliphatic heterocycles. The first-order valence-electron chi connectivity index (χ1n) is 8.70. The number of amides is 1. The largest absolute Gasteiger partial charge is 0.481 e. The molecule has 25 heavy (non-hydrogen) atoms. The lowest BCUT2D eigenvalue weighted by atomic mass is 9.97. The summed E-state index contributed by atoms with van der Waals surface area (Å²) < 4.78 is 1.86. The van der Waals surface area contributed by atoms with Crippen molar-refractivity contribution in [1.29, 1.82) is 0 Å². The predicted molar refractivity (Wildman–Crippen MR) is 93.4 cm³/mol. The Morgan fingerprint density at radius 3 is 2.72 bits per heavy atom. The smallest absolute Gasteiger partial charge is 0.308 e. The van der Waals surface area contributed by atoms with Crippen molar-refractivity contribution >= 4 is 11.9 Å². The van der Waals surface area contributed by atoms with E-state index in [2.05, 4.69) is 5.10 Å². The summed E-state index contributed by atoms with van der Waals surface area (Å²) in [5.74, 6) is -1.41. The zero-order valence-corrected chi connectivity index (χ0v) is 14.4. The van der Waals surface area contributed by atoms with Crippen molar-refractivity contribution in [2.24, 2.45) is 5.92 Å². The van der Waals surface area contributed by atoms with Gasteiger partial charge >= 0.3 is 5.97 Å². The van der Waals surface area contributed by atoms with Gasteiger partial charge in [0, 0.05) is 13.1 Å². The van der Waals surface area contributed by atoms with Gasteiger partial charge in [-0.2, -0.15) is 5.10 Å². The van der Waals surface area contributed by atoms with Crippen LogP contribution < -0.4 is 0 Å². The Morgan fingerprint density at radius 1 is 1.28 bits per heavy atom. The van der Waals surface area contributed by atoms with Crippen molar-refractivity contribution in [3.63, 3.8) is 0 Å². The van der Waals surface area contributed by atoms with E-state index in [0.717, 1.165) is 17.7 Å². The minimum atomic E-state index is -0.826. The molecule has 0 bridgehead atoms. The van der Waals surface area contributed by atoms with E-state index >= 15 is 0 Å². The standard InChI is InChI=1S/C19H23N3O3/c1-2-17-16(11-20-22(17)12-14-7-4-3-5-8-14)18(23)21-10-6-9-15(13-21)19(24)25/h3-5,7-8,11,15H,2,6,9-10,12-13H2,1H3,(H,24,25). The Hall–Kier alpha value is -2.63. The number of nitrogens with zero attached hydrogens (tertiary/aromatic N) is 3. The lowest BCUT2D eigenvalue weighted by Crippen LogP contribution is -2.42. The fraction of sp³-hybridized carbons (Fsp3) is 0.421. The lowest BCUT2D eigenvalue weighted by molar-refractivity contribution is -0.143. The van der Waals surface area contributed by atoms with E-state index < -0.39 is 11.9 Å². The van der Waals surface area contributed by atoms with Crippen molar-refractivity contribution in [2.75, 3.05) is 13.1 Å². The molecular weight excluding hydrogens is 318 g/mol. The highest BCUT2D eigenvalue weighted by Crippen LogP contribution is 2.21. The van der Waals surface area contributed by atoms with Crippen LogP contribution in [0.25, 0.3) is 0 Å². The summed E-state index contributed by atoms with van der Waals surface area (Å²) in [6, 6.07) is 10.00. The number of benzene rings is 1. The van der Waals surface area contributed by atoms with Gasteiger partial charge in [-0.25, -0.2) is 0 Å². The number of aliphatic carboxylic acids is 1. The number of likely N-dealkylation sites (tertiary alicyclic amines) is 1. The quantitative estimate of drug-likeness (QED) is 0.906. The summed E-state index contributed by atoms with van der Waals surface area (Å²) in [6.07, 6.45) is 3.67. The van der Waals surface area contributed by atoms with Crippen LogP contribution in [0.5, 0.6) is 0 Å². The number of hydrogen-bond acceptors (Lipinski definition) is 3. The van der Waals surface area contributed by atoms with E-state index in [4.69, 9.17) is 0 Å². The van der Waals surface area contributed by atoms with Crippen LogP contribution in [0.3, 0.4) is 0 Å². The van der Waals surface area contributed by atoms with Crippen LogP contribution >= 0.6 is 0 Å². The molecule has 2 heterocycles. The molecule has 0 spiro atoms. The number of aromatic nitrogens is 2. The van der Waals surface area contributed by atoms with Gasteiger partial charge < -0.3 is 10.0 Å². The van der Waals surface area contributed by atoms with Crippen molar-refractivity contribution in [1.82, 2.24) is 14.7 Å². The summed E-state index contributed by atoms with van der Waals surface area (Å²) >= 11 is 0. The van der Waals surface area contributed by atoms with Gasteiger partial charge in [-0.15, -0.1) is 0 Å². The number of piperidine rings is 1. The maximum Gasteiger partial charge on any atom is 0.308 e. The molecule has 1 atom stereocenters. The van der Waals surface area contributed by atoms with Gasteiger partial charge in [0.2, 0.25) is 0 Å². The second-order valence-corrected chi connectivity index (χ2v) is 6.43. The van der Waals surface area contributed by atoms with Crippen molar-refractivity contribution in [2.45, 2.75) is 32.7 Å². The molecular formula is C19H23N3O3. The van der Waals surface area contributed by atoms with E-state index in [9.17, 15) is 14.7 Å². The van der Waals surface area contributed by atoms with Crippen LogP contribution in [0.2, 0.25) is 0 Å². The first kappa shape index (κ1) is 17.2. The van der Waals surface area contributed by atoms with Gasteiger partial charge in [-0.3, -0.25) is 14.3 Å². The molecule has 6 heteroatoms. The van der Waals surface area contributed by atoms with E-state index in [-0.39, 0.29) is 12.5 Å². The van der Waals surface area contributed by atoms with E-state index in [1.165, 1.54) is 0 Å². The van der Waals surface area contributed by atoms with Crippen LogP contribution in [-0.4, -0.2) is 44.8 Å². The summed E-state index contributed by atoms with van der Waals surface area (Å²) in [5, 5.41) is 13.6. The van der Waals surface area contributed by atoms with Gasteiger partial charge in [-0.05, 0) is 24.8 Å². The summed E-state index contributed by atoms with van der Waals surface area (Å²) in [5.41, 5.74) is 2.61. The molecule has 0 saturated carbocycles. The zero-order valence-electron chi connectivity index (χ0n) is 14.4. The second kappa shape index (κ2) is 7.51. The van der Waals surface area contributed by atoms with Gasteiger partial charge in [0.15, 0.2) is 0 Å². The Morgan fingerprint density at radius 2 is 2.04 bits per heavy atom. The van der Waals surface area contributed by atoms with Gasteiger partial charge in [-0.1, -0.05) is 37.3 Å². The van der Waals surface area contributed by atoms with Crippen LogP contribution in [-0.2, 0) is 17.8 Å². The number of rotatable bonds is 5. The Bertz CT molecular complexity index is 755. The van der Waals surface area contributed by atoms with E-state index in [1.807, 2.05) is 41.9 Å². The third-order valence-corrected chi connectivity index (χ3v) is 4.75. The van der Waals surface area contributed by atoms with Crippen LogP contribution in [0.1, 0.15) is 41.4 Å². The normalized spacial score (nSPS) is 17.5. The van der Waals surface area contributed by atoms with Crippen molar-refractivity contribution in [3.8, 4) is 0 Å². The molecule has 132 valence electrons. The number of carbonyl (C=O) groups is 2. The molecule has 1 aromatic carbocycles. The average Bonchev–Trinajstić information content (AvgIpc) is 3.04. The Kier molecular flexibility index (Phi) is 5.16. The highest BCUT2D eigenvalue weighted by Gasteiger charge is 2.30. The maximum absolute atomic E-state index is 12.9. The monoisotopic (exact) mass is 341 g/mol. The maximum atomic E-state index is 12.9. The molecule has 1 amide bonds. The van der Waals surface area contributed by atoms with Crippen LogP contribution in [0, 0.1) is 5.92 Å². The molecule has 0 radical (unpaired) electrons. The molecule has 1 aromatic heterocycles. The fourth-order valence-corrected chi connectivity index (χ4v) is 3.39. The zero-order chi connectivity index (χ0) is 17.8. The molecule has 1 unspecified atom stereocenters. The predicted octanol–water partition coefficient (Wildman–Crippen LogP) is 2.43. The first-order valence-corrected chi connectivity index (χ1v) is 8.70. The number of carboxylic acids is 1. The molecule has 1 saturated heterocycles. The van der Waals surface area contributed by atoms with Crippen LogP contribution in [0.4, 0.5) is 0 Å². The summed E-state index contributed by atoms with van der Waals surface area (Å²) in [4.78, 5) is 25.8. The summed E-state index contributed by atoms with van der Waals surface area (Å²) in [6.45, 7) is 3.51. The number of hydrogen-bond donors (Lipinski definition) is 1. The second-order valence-electron chi connectivity index (χ2n) is 6.43. The molecule has 2 aromatic rings. The van der Waals surface area contributed by atoms with Gasteiger partial charge in [0.25, 0.3) is 5.91 Å². The summed E-state index contributed by atoms with van der Waals surface area (Å²) in [7, 11) is 0. The fourth-order valence-electron chi connectivity index (χ4n) is 3.39. The molecule has 1 aliphatic rings. The highest BCUT2D eigenvalue weighted by molar-refractivity contribution is 5.95. The lowest BCUT2D eigenvalue weighted by Gasteiger charge is -2.30. The number of carboxylic acid groups (broad SMARTS) is 1.